The molecular weight excluding hydrogens is 272 g/mol. The third-order valence-electron chi connectivity index (χ3n) is 7.12. The molecule has 6 rings (SSSR count). The lowest BCUT2D eigenvalue weighted by Crippen LogP contribution is -2.59. The van der Waals surface area contributed by atoms with Gasteiger partial charge < -0.3 is 4.74 Å². The quantitative estimate of drug-likeness (QED) is 0.771. The van der Waals surface area contributed by atoms with Crippen molar-refractivity contribution >= 4 is 5.97 Å². The predicted molar refractivity (Wildman–Crippen MR) is 84.5 cm³/mol. The molecule has 1 aromatic carbocycles. The van der Waals surface area contributed by atoms with E-state index in [9.17, 15) is 4.79 Å². The van der Waals surface area contributed by atoms with Gasteiger partial charge in [0.25, 0.3) is 0 Å². The molecule has 5 atom stereocenters. The van der Waals surface area contributed by atoms with Crippen molar-refractivity contribution in [2.75, 3.05) is 0 Å². The van der Waals surface area contributed by atoms with Crippen molar-refractivity contribution in [3.8, 4) is 0 Å². The first-order valence-electron chi connectivity index (χ1n) is 8.91. The zero-order chi connectivity index (χ0) is 14.9. The van der Waals surface area contributed by atoms with Crippen LogP contribution in [0.4, 0.5) is 0 Å². The third-order valence-corrected chi connectivity index (χ3v) is 7.12. The molecule has 4 aliphatic carbocycles. The second-order valence-electron chi connectivity index (χ2n) is 8.43. The van der Waals surface area contributed by atoms with E-state index < -0.39 is 0 Å². The number of esters is 1. The minimum Gasteiger partial charge on any atom is -0.461 e. The van der Waals surface area contributed by atoms with E-state index in [4.69, 9.17) is 4.74 Å². The number of carbonyl (C=O) groups is 1. The minimum atomic E-state index is 0.0645. The zero-order valence-electron chi connectivity index (χ0n) is 13.3. The largest absolute Gasteiger partial charge is 0.461 e. The molecule has 1 spiro atoms. The minimum absolute atomic E-state index is 0.0645. The van der Waals surface area contributed by atoms with E-state index in [1.165, 1.54) is 43.2 Å². The average Bonchev–Trinajstić information content (AvgIpc) is 2.83. The number of rotatable bonds is 2. The zero-order valence-corrected chi connectivity index (χ0v) is 13.3. The van der Waals surface area contributed by atoms with Crippen LogP contribution in [0.25, 0.3) is 0 Å². The van der Waals surface area contributed by atoms with Gasteiger partial charge in [0.2, 0.25) is 0 Å². The van der Waals surface area contributed by atoms with Crippen molar-refractivity contribution < 1.29 is 9.53 Å². The molecule has 5 aliphatic rings. The molecule has 5 fully saturated rings. The second-order valence-corrected chi connectivity index (χ2v) is 8.43. The van der Waals surface area contributed by atoms with Crippen LogP contribution >= 0.6 is 0 Å². The van der Waals surface area contributed by atoms with Gasteiger partial charge in [-0.3, -0.25) is 4.79 Å². The molecule has 22 heavy (non-hydrogen) atoms. The van der Waals surface area contributed by atoms with Crippen LogP contribution in [0.1, 0.15) is 56.6 Å². The van der Waals surface area contributed by atoms with Crippen LogP contribution in [0.5, 0.6) is 0 Å². The van der Waals surface area contributed by atoms with Crippen molar-refractivity contribution in [3.63, 3.8) is 0 Å². The number of hydrogen-bond donors (Lipinski definition) is 0. The molecule has 0 amide bonds. The summed E-state index contributed by atoms with van der Waals surface area (Å²) < 4.78 is 5.77. The first kappa shape index (κ1) is 13.2. The lowest BCUT2D eigenvalue weighted by Gasteiger charge is -2.62. The predicted octanol–water partition coefficient (Wildman–Crippen LogP) is 4.01. The molecule has 2 nitrogen and oxygen atoms in total. The van der Waals surface area contributed by atoms with Crippen LogP contribution in [0.3, 0.4) is 0 Å². The summed E-state index contributed by atoms with van der Waals surface area (Å²) in [7, 11) is 0. The number of carbonyl (C=O) groups excluding carboxylic acids is 1. The summed E-state index contributed by atoms with van der Waals surface area (Å²) in [5.41, 5.74) is 3.44. The highest BCUT2D eigenvalue weighted by atomic mass is 16.6. The molecule has 1 aliphatic heterocycles. The van der Waals surface area contributed by atoms with E-state index in [1.54, 1.807) is 0 Å². The standard InChI is InChI=1S/C20H24O2/c1-2-13-3-5-16(6-4-13)19-8-14-7-15(10-19)18-20(9-14,12-19)11-17(21)22-18/h3-6,14-15,18H,2,7-12H2,1H3/t14?,15?,18-,19?,20?/m1/s1. The molecule has 0 radical (unpaired) electrons. The maximum atomic E-state index is 12.0. The lowest BCUT2D eigenvalue weighted by atomic mass is 9.42. The molecule has 1 saturated heterocycles. The topological polar surface area (TPSA) is 26.3 Å². The van der Waals surface area contributed by atoms with Gasteiger partial charge in [0.1, 0.15) is 6.10 Å². The highest BCUT2D eigenvalue weighted by molar-refractivity contribution is 5.73. The second kappa shape index (κ2) is 4.15. The number of ether oxygens (including phenoxy) is 1. The molecule has 0 N–H and O–H groups in total. The molecular formula is C20H24O2. The van der Waals surface area contributed by atoms with Gasteiger partial charge >= 0.3 is 5.97 Å². The molecule has 2 heteroatoms. The molecule has 4 bridgehead atoms. The smallest absolute Gasteiger partial charge is 0.306 e. The summed E-state index contributed by atoms with van der Waals surface area (Å²) in [5, 5.41) is 0. The summed E-state index contributed by atoms with van der Waals surface area (Å²) in [6.07, 6.45) is 8.27. The lowest BCUT2D eigenvalue weighted by molar-refractivity contribution is -0.160. The first-order valence-corrected chi connectivity index (χ1v) is 8.91. The SMILES string of the molecule is CCc1ccc(C23CC4CC(C2)[C@H]2OC(=O)CC2(C4)C3)cc1. The fraction of sp³-hybridized carbons (Fsp3) is 0.650. The average molecular weight is 296 g/mol. The Morgan fingerprint density at radius 1 is 1.18 bits per heavy atom. The highest BCUT2D eigenvalue weighted by Gasteiger charge is 2.67. The summed E-state index contributed by atoms with van der Waals surface area (Å²) >= 11 is 0. The number of aryl methyl sites for hydroxylation is 1. The first-order chi connectivity index (χ1) is 10.6. The Morgan fingerprint density at radius 3 is 2.77 bits per heavy atom. The maximum Gasteiger partial charge on any atom is 0.306 e. The van der Waals surface area contributed by atoms with Crippen LogP contribution in [0.15, 0.2) is 24.3 Å². The van der Waals surface area contributed by atoms with E-state index in [2.05, 4.69) is 31.2 Å². The van der Waals surface area contributed by atoms with Crippen molar-refractivity contribution in [3.05, 3.63) is 35.4 Å². The summed E-state index contributed by atoms with van der Waals surface area (Å²) in [6, 6.07) is 9.35. The van der Waals surface area contributed by atoms with Gasteiger partial charge in [-0.05, 0) is 66.9 Å². The van der Waals surface area contributed by atoms with E-state index >= 15 is 0 Å². The maximum absolute atomic E-state index is 12.0. The van der Waals surface area contributed by atoms with Crippen LogP contribution < -0.4 is 0 Å². The highest BCUT2D eigenvalue weighted by Crippen LogP contribution is 2.69. The Morgan fingerprint density at radius 2 is 2.00 bits per heavy atom. The number of benzene rings is 1. The van der Waals surface area contributed by atoms with Crippen molar-refractivity contribution in [1.82, 2.24) is 0 Å². The number of hydrogen-bond acceptors (Lipinski definition) is 2. The molecule has 4 saturated carbocycles. The van der Waals surface area contributed by atoms with Gasteiger partial charge in [0.15, 0.2) is 0 Å². The van der Waals surface area contributed by atoms with Gasteiger partial charge in [-0.1, -0.05) is 31.2 Å². The fourth-order valence-corrected chi connectivity index (χ4v) is 6.66. The Kier molecular flexibility index (Phi) is 2.48. The summed E-state index contributed by atoms with van der Waals surface area (Å²) in [6.45, 7) is 2.21. The van der Waals surface area contributed by atoms with E-state index in [1.807, 2.05) is 0 Å². The Balaban J connectivity index is 1.57. The van der Waals surface area contributed by atoms with Gasteiger partial charge in [0.05, 0.1) is 6.42 Å². The van der Waals surface area contributed by atoms with Crippen LogP contribution in [-0.2, 0) is 21.4 Å². The van der Waals surface area contributed by atoms with Gasteiger partial charge in [-0.2, -0.15) is 0 Å². The molecule has 4 unspecified atom stereocenters. The van der Waals surface area contributed by atoms with Gasteiger partial charge in [0, 0.05) is 5.41 Å². The normalized spacial score (nSPS) is 45.0. The summed E-state index contributed by atoms with van der Waals surface area (Å²) in [4.78, 5) is 12.0. The Bertz CT molecular complexity index is 634. The summed E-state index contributed by atoms with van der Waals surface area (Å²) in [5.74, 6) is 1.48. The molecule has 0 aromatic heterocycles. The van der Waals surface area contributed by atoms with Crippen molar-refractivity contribution in [2.45, 2.75) is 63.4 Å². The van der Waals surface area contributed by atoms with Crippen LogP contribution in [0, 0.1) is 17.3 Å². The fourth-order valence-electron chi connectivity index (χ4n) is 6.66. The third kappa shape index (κ3) is 1.59. The molecule has 116 valence electrons. The Labute approximate surface area is 132 Å². The van der Waals surface area contributed by atoms with E-state index in [0.29, 0.717) is 17.8 Å². The monoisotopic (exact) mass is 296 g/mol. The molecule has 1 heterocycles. The molecule has 1 aromatic rings. The van der Waals surface area contributed by atoms with Crippen LogP contribution in [-0.4, -0.2) is 12.1 Å². The van der Waals surface area contributed by atoms with E-state index in [0.717, 1.165) is 12.3 Å². The Hall–Kier alpha value is -1.31. The van der Waals surface area contributed by atoms with Gasteiger partial charge in [-0.15, -0.1) is 0 Å². The van der Waals surface area contributed by atoms with Gasteiger partial charge in [-0.25, -0.2) is 0 Å². The van der Waals surface area contributed by atoms with Crippen molar-refractivity contribution in [2.24, 2.45) is 17.3 Å². The van der Waals surface area contributed by atoms with E-state index in [-0.39, 0.29) is 17.5 Å². The van der Waals surface area contributed by atoms with Crippen molar-refractivity contribution in [1.29, 1.82) is 0 Å². The van der Waals surface area contributed by atoms with Crippen LogP contribution in [0.2, 0.25) is 0 Å².